The third kappa shape index (κ3) is 2.97. The Labute approximate surface area is 186 Å². The largest absolute Gasteiger partial charge is 0.450 e. The molecule has 1 amide bonds. The minimum absolute atomic E-state index is 0.0746. The van der Waals surface area contributed by atoms with E-state index in [4.69, 9.17) is 4.42 Å². The number of halogens is 2. The van der Waals surface area contributed by atoms with Gasteiger partial charge < -0.3 is 4.42 Å². The molecule has 2 aromatic carbocycles. The van der Waals surface area contributed by atoms with E-state index in [-0.39, 0.29) is 17.1 Å². The third-order valence-electron chi connectivity index (χ3n) is 4.83. The van der Waals surface area contributed by atoms with Crippen molar-refractivity contribution in [2.75, 3.05) is 4.90 Å². The van der Waals surface area contributed by atoms with Gasteiger partial charge in [0.1, 0.15) is 5.58 Å². The van der Waals surface area contributed by atoms with Gasteiger partial charge in [-0.05, 0) is 42.8 Å². The van der Waals surface area contributed by atoms with E-state index in [9.17, 15) is 9.59 Å². The Balaban J connectivity index is 1.83. The van der Waals surface area contributed by atoms with Crippen LogP contribution in [-0.2, 0) is 0 Å². The van der Waals surface area contributed by atoms with E-state index >= 15 is 0 Å². The summed E-state index contributed by atoms with van der Waals surface area (Å²) < 4.78 is 7.63. The molecule has 0 saturated carbocycles. The fraction of sp³-hybridized carbons (Fsp3) is 0.0952. The Kier molecular flexibility index (Phi) is 4.45. The van der Waals surface area contributed by atoms with Gasteiger partial charge in [-0.3, -0.25) is 14.5 Å². The van der Waals surface area contributed by atoms with Crippen molar-refractivity contribution in [3.63, 3.8) is 0 Å². The van der Waals surface area contributed by atoms with E-state index in [2.05, 4.69) is 36.8 Å². The Hall–Kier alpha value is -2.29. The maximum Gasteiger partial charge on any atom is 0.297 e. The number of fused-ring (bicyclic) bond motifs is 2. The first-order valence-electron chi connectivity index (χ1n) is 8.71. The van der Waals surface area contributed by atoms with Gasteiger partial charge in [0.2, 0.25) is 5.76 Å². The number of aryl methyl sites for hydroxylation is 1. The number of rotatable bonds is 2. The van der Waals surface area contributed by atoms with Gasteiger partial charge in [-0.25, -0.2) is 4.98 Å². The number of carbonyl (C=O) groups excluding carboxylic acids is 1. The van der Waals surface area contributed by atoms with Gasteiger partial charge in [0.15, 0.2) is 10.6 Å². The molecule has 5 rings (SSSR count). The summed E-state index contributed by atoms with van der Waals surface area (Å²) in [7, 11) is 0. The zero-order chi connectivity index (χ0) is 20.3. The lowest BCUT2D eigenvalue weighted by molar-refractivity contribution is 0.0971. The average molecular weight is 532 g/mol. The van der Waals surface area contributed by atoms with Crippen LogP contribution in [0.5, 0.6) is 0 Å². The highest BCUT2D eigenvalue weighted by Crippen LogP contribution is 2.42. The van der Waals surface area contributed by atoms with Crippen LogP contribution in [0.4, 0.5) is 5.13 Å². The predicted octanol–water partition coefficient (Wildman–Crippen LogP) is 5.83. The van der Waals surface area contributed by atoms with Gasteiger partial charge in [0.25, 0.3) is 5.91 Å². The number of amides is 1. The summed E-state index contributed by atoms with van der Waals surface area (Å²) in [5.41, 5.74) is 2.15. The Morgan fingerprint density at radius 2 is 1.79 bits per heavy atom. The second-order valence-corrected chi connectivity index (χ2v) is 9.38. The van der Waals surface area contributed by atoms with Crippen molar-refractivity contribution in [1.82, 2.24) is 4.98 Å². The van der Waals surface area contributed by atoms with Crippen molar-refractivity contribution >= 4 is 65.2 Å². The van der Waals surface area contributed by atoms with Crippen molar-refractivity contribution in [2.45, 2.75) is 13.0 Å². The van der Waals surface area contributed by atoms with Crippen molar-refractivity contribution < 1.29 is 9.21 Å². The summed E-state index contributed by atoms with van der Waals surface area (Å²) in [6.07, 6.45) is 0. The van der Waals surface area contributed by atoms with Crippen LogP contribution in [-0.4, -0.2) is 10.9 Å². The second-order valence-electron chi connectivity index (χ2n) is 6.72. The van der Waals surface area contributed by atoms with Gasteiger partial charge in [-0.2, -0.15) is 0 Å². The molecule has 2 aromatic heterocycles. The van der Waals surface area contributed by atoms with Crippen LogP contribution in [0.2, 0.25) is 0 Å². The highest BCUT2D eigenvalue weighted by Gasteiger charge is 2.44. The standard InChI is InChI=1S/C21H12Br2N2O3S/c1-10-9-29-21(24-10)25-17(11-2-4-12(22)5-3-11)16-18(26)14-8-13(23)6-7-15(14)28-19(16)20(25)27/h2-9,17H,1H3/t17-/m0/s1. The molecule has 0 bridgehead atoms. The SMILES string of the molecule is Cc1csc(N2C(=O)c3oc4ccc(Br)cc4c(=O)c3[C@@H]2c2ccc(Br)cc2)n1. The number of benzene rings is 2. The Bertz CT molecular complexity index is 1340. The van der Waals surface area contributed by atoms with E-state index < -0.39 is 6.04 Å². The lowest BCUT2D eigenvalue weighted by Gasteiger charge is -2.22. The molecular weight excluding hydrogens is 520 g/mol. The van der Waals surface area contributed by atoms with E-state index in [0.717, 1.165) is 20.2 Å². The van der Waals surface area contributed by atoms with Gasteiger partial charge >= 0.3 is 0 Å². The zero-order valence-electron chi connectivity index (χ0n) is 15.0. The molecule has 3 heterocycles. The fourth-order valence-corrected chi connectivity index (χ4v) is 5.01. The maximum atomic E-state index is 13.5. The Morgan fingerprint density at radius 1 is 1.07 bits per heavy atom. The summed E-state index contributed by atoms with van der Waals surface area (Å²) in [4.78, 5) is 32.9. The first kappa shape index (κ1) is 18.7. The number of hydrogen-bond acceptors (Lipinski definition) is 5. The quantitative estimate of drug-likeness (QED) is 0.326. The number of nitrogens with zero attached hydrogens (tertiary/aromatic N) is 2. The number of carbonyl (C=O) groups is 1. The molecule has 0 N–H and O–H groups in total. The average Bonchev–Trinajstić information content (AvgIpc) is 3.25. The molecule has 4 aromatic rings. The van der Waals surface area contributed by atoms with Crippen LogP contribution in [0, 0.1) is 6.92 Å². The molecule has 5 nitrogen and oxygen atoms in total. The smallest absolute Gasteiger partial charge is 0.297 e. The fourth-order valence-electron chi connectivity index (χ4n) is 3.56. The normalized spacial score (nSPS) is 15.9. The first-order valence-corrected chi connectivity index (χ1v) is 11.2. The monoisotopic (exact) mass is 530 g/mol. The van der Waals surface area contributed by atoms with E-state index in [1.54, 1.807) is 23.1 Å². The highest BCUT2D eigenvalue weighted by atomic mass is 79.9. The lowest BCUT2D eigenvalue weighted by atomic mass is 9.99. The van der Waals surface area contributed by atoms with E-state index in [1.165, 1.54) is 11.3 Å². The lowest BCUT2D eigenvalue weighted by Crippen LogP contribution is -2.29. The minimum atomic E-state index is -0.601. The molecular formula is C21H12Br2N2O3S. The summed E-state index contributed by atoms with van der Waals surface area (Å²) in [6, 6.07) is 12.2. The van der Waals surface area contributed by atoms with Gasteiger partial charge in [-0.15, -0.1) is 11.3 Å². The summed E-state index contributed by atoms with van der Waals surface area (Å²) in [5, 5.41) is 2.86. The van der Waals surface area contributed by atoms with Crippen LogP contribution < -0.4 is 10.3 Å². The molecule has 0 saturated heterocycles. The van der Waals surface area contributed by atoms with Gasteiger partial charge in [0, 0.05) is 14.3 Å². The van der Waals surface area contributed by atoms with Crippen LogP contribution in [0.1, 0.15) is 33.4 Å². The van der Waals surface area contributed by atoms with Gasteiger partial charge in [-0.1, -0.05) is 44.0 Å². The number of anilines is 1. The number of aromatic nitrogens is 1. The molecule has 29 heavy (non-hydrogen) atoms. The van der Waals surface area contributed by atoms with Gasteiger partial charge in [0.05, 0.1) is 22.7 Å². The third-order valence-corrected chi connectivity index (χ3v) is 6.81. The van der Waals surface area contributed by atoms with Crippen molar-refractivity contribution in [3.8, 4) is 0 Å². The molecule has 1 aliphatic rings. The topological polar surface area (TPSA) is 63.4 Å². The molecule has 0 spiro atoms. The molecule has 0 unspecified atom stereocenters. The van der Waals surface area contributed by atoms with E-state index in [1.807, 2.05) is 36.6 Å². The summed E-state index contributed by atoms with van der Waals surface area (Å²) in [5.74, 6) is -0.283. The van der Waals surface area contributed by atoms with Crippen LogP contribution >= 0.6 is 43.2 Å². The number of hydrogen-bond donors (Lipinski definition) is 0. The molecule has 0 radical (unpaired) electrons. The van der Waals surface area contributed by atoms with Crippen molar-refractivity contribution in [1.29, 1.82) is 0 Å². The second kappa shape index (κ2) is 6.90. The van der Waals surface area contributed by atoms with Crippen LogP contribution in [0.25, 0.3) is 11.0 Å². The molecule has 1 aliphatic heterocycles. The zero-order valence-corrected chi connectivity index (χ0v) is 19.0. The molecule has 1 atom stereocenters. The summed E-state index contributed by atoms with van der Waals surface area (Å²) >= 11 is 8.22. The Morgan fingerprint density at radius 3 is 2.48 bits per heavy atom. The van der Waals surface area contributed by atoms with E-state index in [0.29, 0.717) is 21.7 Å². The maximum absolute atomic E-state index is 13.5. The number of thiazole rings is 1. The minimum Gasteiger partial charge on any atom is -0.450 e. The molecule has 0 aliphatic carbocycles. The summed E-state index contributed by atoms with van der Waals surface area (Å²) in [6.45, 7) is 1.87. The van der Waals surface area contributed by atoms with Crippen molar-refractivity contribution in [3.05, 3.63) is 89.6 Å². The molecule has 144 valence electrons. The molecule has 0 fully saturated rings. The highest BCUT2D eigenvalue weighted by molar-refractivity contribution is 9.10. The van der Waals surface area contributed by atoms with Crippen LogP contribution in [0.15, 0.2) is 66.0 Å². The van der Waals surface area contributed by atoms with Crippen molar-refractivity contribution in [2.24, 2.45) is 0 Å². The molecule has 8 heteroatoms. The predicted molar refractivity (Wildman–Crippen MR) is 120 cm³/mol. The first-order chi connectivity index (χ1) is 13.9. The van der Waals surface area contributed by atoms with Crippen LogP contribution in [0.3, 0.4) is 0 Å².